The van der Waals surface area contributed by atoms with Crippen LogP contribution in [0.5, 0.6) is 0 Å². The highest BCUT2D eigenvalue weighted by Crippen LogP contribution is 2.48. The third-order valence-corrected chi connectivity index (χ3v) is 3.64. The smallest absolute Gasteiger partial charge is 0.393 e. The van der Waals surface area contributed by atoms with E-state index in [0.717, 1.165) is 6.07 Å². The van der Waals surface area contributed by atoms with E-state index in [1.54, 1.807) is 6.07 Å². The topological polar surface area (TPSA) is 20.2 Å². The normalized spacial score (nSPS) is 28.9. The molecule has 0 spiro atoms. The fourth-order valence-electron chi connectivity index (χ4n) is 2.67. The first-order valence-corrected chi connectivity index (χ1v) is 5.79. The lowest BCUT2D eigenvalue weighted by Crippen LogP contribution is -2.39. The molecule has 1 saturated carbocycles. The van der Waals surface area contributed by atoms with E-state index >= 15 is 0 Å². The van der Waals surface area contributed by atoms with Gasteiger partial charge < -0.3 is 5.11 Å². The molecule has 94 valence electrons. The van der Waals surface area contributed by atoms with E-state index in [1.807, 2.05) is 6.92 Å². The summed E-state index contributed by atoms with van der Waals surface area (Å²) >= 11 is 0. The summed E-state index contributed by atoms with van der Waals surface area (Å²) in [5.74, 6) is -0.202. The van der Waals surface area contributed by atoms with Gasteiger partial charge >= 0.3 is 6.18 Å². The molecule has 0 bridgehead atoms. The van der Waals surface area contributed by atoms with Crippen LogP contribution in [-0.2, 0) is 6.18 Å². The van der Waals surface area contributed by atoms with Crippen LogP contribution in [-0.4, -0.2) is 11.2 Å². The number of halogens is 3. The highest BCUT2D eigenvalue weighted by atomic mass is 19.4. The van der Waals surface area contributed by atoms with E-state index in [-0.39, 0.29) is 11.8 Å². The number of aliphatic hydroxyl groups excluding tert-OH is 1. The van der Waals surface area contributed by atoms with Crippen molar-refractivity contribution in [1.82, 2.24) is 0 Å². The largest absolute Gasteiger partial charge is 0.416 e. The van der Waals surface area contributed by atoms with Gasteiger partial charge in [-0.25, -0.2) is 0 Å². The van der Waals surface area contributed by atoms with Crippen LogP contribution >= 0.6 is 0 Å². The monoisotopic (exact) mass is 244 g/mol. The molecule has 1 aliphatic carbocycles. The maximum Gasteiger partial charge on any atom is 0.416 e. The van der Waals surface area contributed by atoms with Gasteiger partial charge in [-0.1, -0.05) is 31.5 Å². The van der Waals surface area contributed by atoms with Crippen molar-refractivity contribution in [3.63, 3.8) is 0 Å². The molecule has 1 aromatic rings. The maximum atomic E-state index is 12.8. The predicted molar refractivity (Wildman–Crippen MR) is 58.6 cm³/mol. The lowest BCUT2D eigenvalue weighted by Gasteiger charge is -2.42. The lowest BCUT2D eigenvalue weighted by molar-refractivity contribution is -0.139. The van der Waals surface area contributed by atoms with Crippen molar-refractivity contribution in [2.24, 2.45) is 5.92 Å². The number of hydrogen-bond donors (Lipinski definition) is 1. The zero-order chi connectivity index (χ0) is 12.6. The third kappa shape index (κ3) is 2.18. The summed E-state index contributed by atoms with van der Waals surface area (Å²) < 4.78 is 38.5. The van der Waals surface area contributed by atoms with Gasteiger partial charge in [-0.15, -0.1) is 0 Å². The first-order chi connectivity index (χ1) is 7.95. The van der Waals surface area contributed by atoms with Gasteiger partial charge in [0.05, 0.1) is 11.7 Å². The number of alkyl halides is 3. The molecular formula is C13H15F3O. The number of aliphatic hydroxyl groups is 1. The van der Waals surface area contributed by atoms with Gasteiger partial charge in [-0.05, 0) is 29.9 Å². The van der Waals surface area contributed by atoms with Gasteiger partial charge in [-0.3, -0.25) is 0 Å². The fourth-order valence-corrected chi connectivity index (χ4v) is 2.67. The van der Waals surface area contributed by atoms with Crippen LogP contribution in [0, 0.1) is 5.92 Å². The molecular weight excluding hydrogens is 229 g/mol. The van der Waals surface area contributed by atoms with Gasteiger partial charge in [0, 0.05) is 0 Å². The van der Waals surface area contributed by atoms with Gasteiger partial charge in [0.1, 0.15) is 0 Å². The number of rotatable bonds is 2. The second-order valence-corrected chi connectivity index (χ2v) is 4.57. The molecule has 4 heteroatoms. The minimum atomic E-state index is -4.31. The first-order valence-electron chi connectivity index (χ1n) is 5.79. The molecule has 1 N–H and O–H groups in total. The van der Waals surface area contributed by atoms with Crippen LogP contribution in [0.25, 0.3) is 0 Å². The summed E-state index contributed by atoms with van der Waals surface area (Å²) in [6.07, 6.45) is -3.62. The van der Waals surface area contributed by atoms with E-state index in [4.69, 9.17) is 0 Å². The van der Waals surface area contributed by atoms with Crippen molar-refractivity contribution in [3.05, 3.63) is 35.4 Å². The molecule has 0 heterocycles. The van der Waals surface area contributed by atoms with Crippen LogP contribution in [0.15, 0.2) is 24.3 Å². The first kappa shape index (κ1) is 12.4. The zero-order valence-electron chi connectivity index (χ0n) is 9.54. The quantitative estimate of drug-likeness (QED) is 0.843. The van der Waals surface area contributed by atoms with E-state index in [9.17, 15) is 18.3 Å². The summed E-state index contributed by atoms with van der Waals surface area (Å²) in [7, 11) is 0. The van der Waals surface area contributed by atoms with E-state index < -0.39 is 17.8 Å². The SMILES string of the molecule is CCC1C(O)CC1c1ccccc1C(F)(F)F. The molecule has 1 aliphatic rings. The molecule has 1 nitrogen and oxygen atoms in total. The molecule has 1 aromatic carbocycles. The Morgan fingerprint density at radius 3 is 2.47 bits per heavy atom. The fraction of sp³-hybridized carbons (Fsp3) is 0.538. The summed E-state index contributed by atoms with van der Waals surface area (Å²) in [5, 5.41) is 9.55. The Labute approximate surface area is 98.3 Å². The standard InChI is InChI=1S/C13H15F3O/c1-2-8-10(7-12(8)17)9-5-3-4-6-11(9)13(14,15)16/h3-6,8,10,12,17H,2,7H2,1H3. The van der Waals surface area contributed by atoms with Gasteiger partial charge in [0.2, 0.25) is 0 Å². The zero-order valence-corrected chi connectivity index (χ0v) is 9.54. The number of benzene rings is 1. The Morgan fingerprint density at radius 1 is 1.29 bits per heavy atom. The Balaban J connectivity index is 2.34. The Morgan fingerprint density at radius 2 is 1.94 bits per heavy atom. The van der Waals surface area contributed by atoms with Crippen LogP contribution in [0.4, 0.5) is 13.2 Å². The molecule has 0 amide bonds. The lowest BCUT2D eigenvalue weighted by atomic mass is 9.65. The molecule has 0 aliphatic heterocycles. The second kappa shape index (κ2) is 4.33. The Kier molecular flexibility index (Phi) is 3.17. The molecule has 3 atom stereocenters. The maximum absolute atomic E-state index is 12.8. The third-order valence-electron chi connectivity index (χ3n) is 3.64. The highest BCUT2D eigenvalue weighted by molar-refractivity contribution is 5.35. The Bertz CT molecular complexity index is 400. The van der Waals surface area contributed by atoms with Gasteiger partial charge in [0.25, 0.3) is 0 Å². The average molecular weight is 244 g/mol. The van der Waals surface area contributed by atoms with E-state index in [0.29, 0.717) is 18.4 Å². The van der Waals surface area contributed by atoms with Crippen molar-refractivity contribution in [2.75, 3.05) is 0 Å². The van der Waals surface area contributed by atoms with Crippen molar-refractivity contribution in [1.29, 1.82) is 0 Å². The van der Waals surface area contributed by atoms with Gasteiger partial charge in [0.15, 0.2) is 0 Å². The molecule has 3 unspecified atom stereocenters. The summed E-state index contributed by atoms with van der Waals surface area (Å²) in [4.78, 5) is 0. The van der Waals surface area contributed by atoms with Crippen molar-refractivity contribution in [2.45, 2.75) is 38.0 Å². The van der Waals surface area contributed by atoms with Crippen molar-refractivity contribution >= 4 is 0 Å². The molecule has 1 fully saturated rings. The van der Waals surface area contributed by atoms with E-state index in [1.165, 1.54) is 12.1 Å². The van der Waals surface area contributed by atoms with Gasteiger partial charge in [-0.2, -0.15) is 13.2 Å². The Hall–Kier alpha value is -1.03. The van der Waals surface area contributed by atoms with Crippen LogP contribution in [0.1, 0.15) is 36.8 Å². The average Bonchev–Trinajstić information content (AvgIpc) is 2.25. The number of hydrogen-bond acceptors (Lipinski definition) is 1. The molecule has 0 saturated heterocycles. The van der Waals surface area contributed by atoms with Crippen molar-refractivity contribution < 1.29 is 18.3 Å². The minimum Gasteiger partial charge on any atom is -0.393 e. The summed E-state index contributed by atoms with van der Waals surface area (Å²) in [5.41, 5.74) is -0.229. The molecule has 0 aromatic heterocycles. The molecule has 17 heavy (non-hydrogen) atoms. The molecule has 2 rings (SSSR count). The molecule has 0 radical (unpaired) electrons. The summed E-state index contributed by atoms with van der Waals surface area (Å²) in [6, 6.07) is 5.68. The van der Waals surface area contributed by atoms with Crippen LogP contribution in [0.2, 0.25) is 0 Å². The highest BCUT2D eigenvalue weighted by Gasteiger charge is 2.43. The van der Waals surface area contributed by atoms with Crippen LogP contribution in [0.3, 0.4) is 0 Å². The minimum absolute atomic E-state index is 0.0431. The second-order valence-electron chi connectivity index (χ2n) is 4.57. The van der Waals surface area contributed by atoms with Crippen LogP contribution < -0.4 is 0 Å². The predicted octanol–water partition coefficient (Wildman–Crippen LogP) is 3.58. The van der Waals surface area contributed by atoms with E-state index in [2.05, 4.69) is 0 Å². The summed E-state index contributed by atoms with van der Waals surface area (Å²) in [6.45, 7) is 1.90. The van der Waals surface area contributed by atoms with Crippen molar-refractivity contribution in [3.8, 4) is 0 Å².